The summed E-state index contributed by atoms with van der Waals surface area (Å²) in [6.45, 7) is 0.519. The molecule has 0 fully saturated rings. The summed E-state index contributed by atoms with van der Waals surface area (Å²) in [4.78, 5) is 8.65. The van der Waals surface area contributed by atoms with Crippen LogP contribution in [0.3, 0.4) is 0 Å². The van der Waals surface area contributed by atoms with Gasteiger partial charge in [0.2, 0.25) is 0 Å². The maximum absolute atomic E-state index is 11.4. The van der Waals surface area contributed by atoms with Gasteiger partial charge in [0, 0.05) is 18.9 Å². The number of nitrogens with one attached hydrogen (secondary N) is 1. The van der Waals surface area contributed by atoms with Gasteiger partial charge in [-0.3, -0.25) is 0 Å². The molecule has 1 aromatic carbocycles. The molecule has 0 unspecified atom stereocenters. The third-order valence-corrected chi connectivity index (χ3v) is 4.55. The molecule has 0 radical (unpaired) electrons. The van der Waals surface area contributed by atoms with Crippen LogP contribution in [0.15, 0.2) is 40.4 Å². The van der Waals surface area contributed by atoms with Crippen LogP contribution in [0.25, 0.3) is 0 Å². The Hall–Kier alpha value is -1.31. The molecule has 0 atom stereocenters. The zero-order chi connectivity index (χ0) is 15.5. The van der Waals surface area contributed by atoms with Crippen LogP contribution in [0.1, 0.15) is 5.56 Å². The first-order valence-corrected chi connectivity index (χ1v) is 9.49. The number of aromatic nitrogens is 2. The highest BCUT2D eigenvalue weighted by atomic mass is 35.5. The first-order chi connectivity index (χ1) is 9.88. The van der Waals surface area contributed by atoms with E-state index in [2.05, 4.69) is 15.3 Å². The number of nitrogens with zero attached hydrogens (tertiary/aromatic N) is 2. The van der Waals surface area contributed by atoms with Gasteiger partial charge in [-0.25, -0.2) is 18.4 Å². The number of rotatable bonds is 5. The molecule has 0 aliphatic heterocycles. The average Bonchev–Trinajstić information content (AvgIpc) is 2.44. The van der Waals surface area contributed by atoms with E-state index in [1.807, 2.05) is 6.26 Å². The third kappa shape index (κ3) is 4.59. The van der Waals surface area contributed by atoms with Gasteiger partial charge >= 0.3 is 0 Å². The van der Waals surface area contributed by atoms with Crippen molar-refractivity contribution in [1.82, 2.24) is 9.97 Å². The van der Waals surface area contributed by atoms with E-state index >= 15 is 0 Å². The van der Waals surface area contributed by atoms with Gasteiger partial charge in [0.1, 0.15) is 11.0 Å². The first-order valence-electron chi connectivity index (χ1n) is 6.00. The second kappa shape index (κ2) is 6.64. The minimum absolute atomic E-state index is 0.306. The fourth-order valence-corrected chi connectivity index (χ4v) is 2.87. The SMILES string of the molecule is CSc1nc(Cl)cc(NCc2ccc(S(C)(=O)=O)cc2)n1. The first kappa shape index (κ1) is 16.1. The Kier molecular flexibility index (Phi) is 5.08. The second-order valence-electron chi connectivity index (χ2n) is 4.33. The molecule has 2 aromatic rings. The molecule has 1 N–H and O–H groups in total. The van der Waals surface area contributed by atoms with Crippen LogP contribution in [-0.2, 0) is 16.4 Å². The monoisotopic (exact) mass is 343 g/mol. The Bertz CT molecular complexity index is 734. The lowest BCUT2D eigenvalue weighted by Crippen LogP contribution is -2.03. The van der Waals surface area contributed by atoms with E-state index in [9.17, 15) is 8.42 Å². The van der Waals surface area contributed by atoms with Gasteiger partial charge in [-0.05, 0) is 24.0 Å². The predicted molar refractivity (Wildman–Crippen MR) is 85.7 cm³/mol. The van der Waals surface area contributed by atoms with Gasteiger partial charge in [0.05, 0.1) is 4.90 Å². The van der Waals surface area contributed by atoms with Crippen molar-refractivity contribution in [1.29, 1.82) is 0 Å². The Labute approximate surface area is 133 Å². The Morgan fingerprint density at radius 2 is 1.90 bits per heavy atom. The molecule has 1 aromatic heterocycles. The lowest BCUT2D eigenvalue weighted by Gasteiger charge is -2.07. The van der Waals surface area contributed by atoms with Crippen molar-refractivity contribution in [2.75, 3.05) is 17.8 Å². The molecule has 112 valence electrons. The van der Waals surface area contributed by atoms with E-state index in [4.69, 9.17) is 11.6 Å². The molecule has 0 saturated heterocycles. The van der Waals surface area contributed by atoms with Crippen molar-refractivity contribution in [2.24, 2.45) is 0 Å². The van der Waals surface area contributed by atoms with Gasteiger partial charge in [-0.1, -0.05) is 35.5 Å². The van der Waals surface area contributed by atoms with Crippen molar-refractivity contribution in [3.8, 4) is 0 Å². The topological polar surface area (TPSA) is 72.0 Å². The summed E-state index contributed by atoms with van der Waals surface area (Å²) >= 11 is 7.32. The quantitative estimate of drug-likeness (QED) is 0.511. The second-order valence-corrected chi connectivity index (χ2v) is 7.51. The normalized spacial score (nSPS) is 11.4. The van der Waals surface area contributed by atoms with Gasteiger partial charge in [0.15, 0.2) is 15.0 Å². The van der Waals surface area contributed by atoms with Crippen LogP contribution < -0.4 is 5.32 Å². The summed E-state index contributed by atoms with van der Waals surface area (Å²) in [5.74, 6) is 0.631. The minimum atomic E-state index is -3.16. The zero-order valence-electron chi connectivity index (χ0n) is 11.5. The summed E-state index contributed by atoms with van der Waals surface area (Å²) in [5, 5.41) is 4.11. The molecule has 1 heterocycles. The van der Waals surface area contributed by atoms with E-state index in [0.29, 0.717) is 27.6 Å². The van der Waals surface area contributed by atoms with Gasteiger partial charge in [-0.15, -0.1) is 0 Å². The molecular weight excluding hydrogens is 330 g/mol. The molecule has 0 amide bonds. The van der Waals surface area contributed by atoms with E-state index < -0.39 is 9.84 Å². The molecule has 0 saturated carbocycles. The van der Waals surface area contributed by atoms with Crippen LogP contribution >= 0.6 is 23.4 Å². The summed E-state index contributed by atoms with van der Waals surface area (Å²) < 4.78 is 22.8. The van der Waals surface area contributed by atoms with Crippen LogP contribution in [0.4, 0.5) is 5.82 Å². The van der Waals surface area contributed by atoms with Gasteiger partial charge in [0.25, 0.3) is 0 Å². The molecule has 0 aliphatic carbocycles. The highest BCUT2D eigenvalue weighted by molar-refractivity contribution is 7.98. The average molecular weight is 344 g/mol. The standard InChI is InChI=1S/C13H14ClN3O2S2/c1-20-13-16-11(14)7-12(17-13)15-8-9-3-5-10(6-4-9)21(2,18)19/h3-7H,8H2,1-2H3,(H,15,16,17). The number of benzene rings is 1. The largest absolute Gasteiger partial charge is 0.366 e. The highest BCUT2D eigenvalue weighted by Crippen LogP contribution is 2.18. The Balaban J connectivity index is 2.08. The summed E-state index contributed by atoms with van der Waals surface area (Å²) in [7, 11) is -3.16. The van der Waals surface area contributed by atoms with E-state index in [-0.39, 0.29) is 0 Å². The third-order valence-electron chi connectivity index (χ3n) is 2.68. The van der Waals surface area contributed by atoms with Crippen LogP contribution in [0.2, 0.25) is 5.15 Å². The summed E-state index contributed by atoms with van der Waals surface area (Å²) in [6.07, 6.45) is 3.06. The summed E-state index contributed by atoms with van der Waals surface area (Å²) in [5.41, 5.74) is 0.947. The van der Waals surface area contributed by atoms with Crippen LogP contribution in [-0.4, -0.2) is 30.9 Å². The van der Waals surface area contributed by atoms with Crippen molar-refractivity contribution in [3.05, 3.63) is 41.0 Å². The van der Waals surface area contributed by atoms with Crippen molar-refractivity contribution in [3.63, 3.8) is 0 Å². The number of halogens is 1. The fraction of sp³-hybridized carbons (Fsp3) is 0.231. The molecule has 0 aliphatic rings. The summed E-state index contributed by atoms with van der Waals surface area (Å²) in [6, 6.07) is 8.36. The lowest BCUT2D eigenvalue weighted by atomic mass is 10.2. The number of hydrogen-bond donors (Lipinski definition) is 1. The Morgan fingerprint density at radius 1 is 1.24 bits per heavy atom. The lowest BCUT2D eigenvalue weighted by molar-refractivity contribution is 0.602. The molecule has 8 heteroatoms. The predicted octanol–water partition coefficient (Wildman–Crippen LogP) is 2.87. The van der Waals surface area contributed by atoms with E-state index in [1.165, 1.54) is 18.0 Å². The van der Waals surface area contributed by atoms with Crippen LogP contribution in [0.5, 0.6) is 0 Å². The fourth-order valence-electron chi connectivity index (χ4n) is 1.63. The number of hydrogen-bond acceptors (Lipinski definition) is 6. The number of thioether (sulfide) groups is 1. The number of sulfone groups is 1. The van der Waals surface area contributed by atoms with Crippen molar-refractivity contribution < 1.29 is 8.42 Å². The van der Waals surface area contributed by atoms with Crippen molar-refractivity contribution >= 4 is 39.0 Å². The van der Waals surface area contributed by atoms with Gasteiger partial charge in [-0.2, -0.15) is 0 Å². The molecule has 21 heavy (non-hydrogen) atoms. The molecule has 2 rings (SSSR count). The molecule has 0 bridgehead atoms. The Morgan fingerprint density at radius 3 is 2.48 bits per heavy atom. The van der Waals surface area contributed by atoms with E-state index in [0.717, 1.165) is 5.56 Å². The zero-order valence-corrected chi connectivity index (χ0v) is 13.9. The molecular formula is C13H14ClN3O2S2. The van der Waals surface area contributed by atoms with Gasteiger partial charge < -0.3 is 5.32 Å². The van der Waals surface area contributed by atoms with Crippen molar-refractivity contribution in [2.45, 2.75) is 16.6 Å². The van der Waals surface area contributed by atoms with E-state index in [1.54, 1.807) is 30.3 Å². The smallest absolute Gasteiger partial charge is 0.190 e. The number of anilines is 1. The minimum Gasteiger partial charge on any atom is -0.366 e. The highest BCUT2D eigenvalue weighted by Gasteiger charge is 2.06. The maximum Gasteiger partial charge on any atom is 0.190 e. The molecule has 0 spiro atoms. The molecule has 5 nitrogen and oxygen atoms in total. The maximum atomic E-state index is 11.4. The van der Waals surface area contributed by atoms with Crippen LogP contribution in [0, 0.1) is 0 Å².